The predicted molar refractivity (Wildman–Crippen MR) is 166 cm³/mol. The second-order valence-corrected chi connectivity index (χ2v) is 12.6. The van der Waals surface area contributed by atoms with E-state index in [2.05, 4.69) is 4.90 Å². The van der Waals surface area contributed by atoms with Gasteiger partial charge in [-0.3, -0.25) is 4.79 Å². The number of hydrogen-bond acceptors (Lipinski definition) is 7. The van der Waals surface area contributed by atoms with Crippen molar-refractivity contribution in [2.45, 2.75) is 69.7 Å². The molecule has 5 rings (SSSR count). The minimum Gasteiger partial charge on any atom is -0.487 e. The van der Waals surface area contributed by atoms with Crippen molar-refractivity contribution in [1.29, 1.82) is 0 Å². The molecule has 2 aromatic rings. The predicted octanol–water partition coefficient (Wildman–Crippen LogP) is 5.01. The molecule has 1 saturated carbocycles. The van der Waals surface area contributed by atoms with Crippen molar-refractivity contribution in [2.24, 2.45) is 11.8 Å². The number of hydrogen-bond donors (Lipinski definition) is 2. The first-order valence-corrected chi connectivity index (χ1v) is 15.8. The molecule has 2 bridgehead atoms. The number of carbonyl (C=O) groups is 2. The van der Waals surface area contributed by atoms with Gasteiger partial charge in [-0.2, -0.15) is 0 Å². The van der Waals surface area contributed by atoms with Crippen LogP contribution in [-0.4, -0.2) is 66.9 Å². The van der Waals surface area contributed by atoms with Crippen molar-refractivity contribution >= 4 is 29.2 Å². The number of aliphatic hydroxyl groups is 2. The van der Waals surface area contributed by atoms with E-state index in [-0.39, 0.29) is 23.3 Å². The fraction of sp³-hybridized carbons (Fsp3) is 0.529. The summed E-state index contributed by atoms with van der Waals surface area (Å²) in [5.41, 5.74) is 1.09. The number of anilines is 1. The molecule has 2 N–H and O–H groups in total. The Balaban J connectivity index is 1.58. The highest BCUT2D eigenvalue weighted by Gasteiger charge is 2.43. The van der Waals surface area contributed by atoms with Gasteiger partial charge >= 0.3 is 5.97 Å². The number of aliphatic hydroxyl groups excluding tert-OH is 1. The number of methoxy groups -OCH3 is 1. The Kier molecular flexibility index (Phi) is 9.99. The van der Waals surface area contributed by atoms with Gasteiger partial charge in [0.15, 0.2) is 5.60 Å². The monoisotopic (exact) mass is 610 g/mol. The Morgan fingerprint density at radius 1 is 1.09 bits per heavy atom. The average Bonchev–Trinajstić information content (AvgIpc) is 3.01. The summed E-state index contributed by atoms with van der Waals surface area (Å²) in [6.07, 6.45) is 9.05. The van der Waals surface area contributed by atoms with Gasteiger partial charge in [-0.1, -0.05) is 35.9 Å². The second-order valence-electron chi connectivity index (χ2n) is 12.2. The molecule has 1 amide bonds. The highest BCUT2D eigenvalue weighted by molar-refractivity contribution is 6.30. The van der Waals surface area contributed by atoms with Gasteiger partial charge in [0.05, 0.1) is 25.3 Å². The summed E-state index contributed by atoms with van der Waals surface area (Å²) in [4.78, 5) is 30.2. The second kappa shape index (κ2) is 13.7. The fourth-order valence-electron chi connectivity index (χ4n) is 6.51. The maximum Gasteiger partial charge on any atom is 0.343 e. The third-order valence-corrected chi connectivity index (χ3v) is 9.61. The van der Waals surface area contributed by atoms with Gasteiger partial charge in [0.1, 0.15) is 12.4 Å². The van der Waals surface area contributed by atoms with Crippen molar-refractivity contribution in [1.82, 2.24) is 4.90 Å². The van der Waals surface area contributed by atoms with E-state index in [9.17, 15) is 19.8 Å². The van der Waals surface area contributed by atoms with E-state index in [4.69, 9.17) is 21.1 Å². The molecule has 232 valence electrons. The molecule has 9 heteroatoms. The van der Waals surface area contributed by atoms with Crippen LogP contribution in [-0.2, 0) is 33.0 Å². The number of nitrogens with zero attached hydrogens (tertiary/aromatic N) is 2. The van der Waals surface area contributed by atoms with Crippen LogP contribution in [0, 0.1) is 11.8 Å². The van der Waals surface area contributed by atoms with E-state index in [0.29, 0.717) is 43.3 Å². The number of rotatable bonds is 1. The van der Waals surface area contributed by atoms with E-state index in [1.807, 2.05) is 30.4 Å². The minimum atomic E-state index is -2.17. The number of benzene rings is 2. The van der Waals surface area contributed by atoms with Crippen LogP contribution < -0.4 is 9.64 Å². The van der Waals surface area contributed by atoms with Gasteiger partial charge in [0, 0.05) is 31.7 Å². The largest absolute Gasteiger partial charge is 0.487 e. The summed E-state index contributed by atoms with van der Waals surface area (Å²) in [6.45, 7) is 2.23. The number of fused-ring (bicyclic) bond motifs is 3. The van der Waals surface area contributed by atoms with Crippen molar-refractivity contribution in [2.75, 3.05) is 38.7 Å². The number of amides is 1. The number of aryl methyl sites for hydroxylation is 1. The number of halogens is 1. The lowest BCUT2D eigenvalue weighted by Crippen LogP contribution is -2.44. The van der Waals surface area contributed by atoms with Crippen LogP contribution in [0.1, 0.15) is 61.6 Å². The summed E-state index contributed by atoms with van der Waals surface area (Å²) in [5.74, 6) is -0.191. The molecule has 1 aliphatic carbocycles. The lowest BCUT2D eigenvalue weighted by Gasteiger charge is -2.42. The minimum absolute atomic E-state index is 0.153. The Labute approximate surface area is 259 Å². The number of carbonyl (C=O) groups excluding carboxylic acids is 2. The summed E-state index contributed by atoms with van der Waals surface area (Å²) in [6, 6.07) is 11.1. The van der Waals surface area contributed by atoms with E-state index in [1.54, 1.807) is 25.2 Å². The summed E-state index contributed by atoms with van der Waals surface area (Å²) >= 11 is 6.32. The van der Waals surface area contributed by atoms with E-state index >= 15 is 0 Å². The van der Waals surface area contributed by atoms with Gasteiger partial charge < -0.3 is 29.5 Å². The molecule has 0 aromatic heterocycles. The molecule has 1 fully saturated rings. The zero-order chi connectivity index (χ0) is 30.6. The van der Waals surface area contributed by atoms with Gasteiger partial charge in [0.25, 0.3) is 0 Å². The molecule has 43 heavy (non-hydrogen) atoms. The maximum absolute atomic E-state index is 13.3. The van der Waals surface area contributed by atoms with Gasteiger partial charge in [-0.15, -0.1) is 0 Å². The molecule has 2 aliphatic heterocycles. The zero-order valence-electron chi connectivity index (χ0n) is 25.1. The van der Waals surface area contributed by atoms with Gasteiger partial charge in [0.2, 0.25) is 5.91 Å². The molecule has 0 spiro atoms. The first-order chi connectivity index (χ1) is 20.7. The molecule has 8 nitrogen and oxygen atoms in total. The summed E-state index contributed by atoms with van der Waals surface area (Å²) in [5, 5.41) is 23.6. The third-order valence-electron chi connectivity index (χ3n) is 9.38. The van der Waals surface area contributed by atoms with Crippen molar-refractivity contribution < 1.29 is 29.3 Å². The van der Waals surface area contributed by atoms with Crippen LogP contribution in [0.4, 0.5) is 5.69 Å². The Hall–Kier alpha value is -3.07. The Morgan fingerprint density at radius 3 is 2.70 bits per heavy atom. The zero-order valence-corrected chi connectivity index (χ0v) is 25.9. The maximum atomic E-state index is 13.3. The molecule has 4 atom stereocenters. The van der Waals surface area contributed by atoms with Crippen LogP contribution >= 0.6 is 11.6 Å². The first kappa shape index (κ1) is 31.4. The smallest absolute Gasteiger partial charge is 0.343 e. The van der Waals surface area contributed by atoms with Crippen molar-refractivity contribution in [3.8, 4) is 5.75 Å². The van der Waals surface area contributed by atoms with Crippen LogP contribution in [0.2, 0.25) is 5.02 Å². The standard InChI is InChI=1S/C34H43ClN2O6/c1-36-16-6-3-4-9-30(38)28-14-11-24(28)21-37-17-7-5-8-23-18-27(35)13-10-25(23)22-43-31-15-12-26(19-29(31)37)34(41,20-32(36)39)33(40)42-2/h4,9-10,12-13,15,18-19,24,28,30,38,41H,3,5-8,11,14,16-17,20-22H2,1-2H3/b9-4-/t24-,28+,30-,34-/m0/s1. The lowest BCUT2D eigenvalue weighted by atomic mass is 9.70. The normalized spacial score (nSPS) is 27.7. The van der Waals surface area contributed by atoms with Crippen LogP contribution in [0.25, 0.3) is 0 Å². The lowest BCUT2D eigenvalue weighted by molar-refractivity contribution is -0.168. The first-order valence-electron chi connectivity index (χ1n) is 15.4. The van der Waals surface area contributed by atoms with Crippen molar-refractivity contribution in [3.63, 3.8) is 0 Å². The average molecular weight is 611 g/mol. The SMILES string of the molecule is COC(=O)[C@]1(O)CC(=O)N(C)CCC/C=C\[C@H](O)[C@@H]2CC[C@H]2CN2CCCCc3cc(Cl)ccc3COc3ccc1cc32. The molecule has 2 heterocycles. The fourth-order valence-corrected chi connectivity index (χ4v) is 6.71. The molecule has 2 aromatic carbocycles. The summed E-state index contributed by atoms with van der Waals surface area (Å²) in [7, 11) is 2.89. The molecule has 0 radical (unpaired) electrons. The van der Waals surface area contributed by atoms with E-state index in [0.717, 1.165) is 55.5 Å². The third kappa shape index (κ3) is 7.03. The molecular weight excluding hydrogens is 568 g/mol. The van der Waals surface area contributed by atoms with E-state index < -0.39 is 24.1 Å². The van der Waals surface area contributed by atoms with Crippen molar-refractivity contribution in [3.05, 3.63) is 70.3 Å². The highest BCUT2D eigenvalue weighted by atomic mass is 35.5. The van der Waals surface area contributed by atoms with Gasteiger partial charge in [-0.05, 0) is 97.7 Å². The van der Waals surface area contributed by atoms with Gasteiger partial charge in [-0.25, -0.2) is 4.79 Å². The Bertz CT molecular complexity index is 1350. The molecule has 3 aliphatic rings. The molecule has 0 unspecified atom stereocenters. The molecule has 0 saturated heterocycles. The summed E-state index contributed by atoms with van der Waals surface area (Å²) < 4.78 is 11.5. The topological polar surface area (TPSA) is 99.5 Å². The van der Waals surface area contributed by atoms with Crippen LogP contribution in [0.5, 0.6) is 5.75 Å². The van der Waals surface area contributed by atoms with Crippen LogP contribution in [0.15, 0.2) is 48.6 Å². The molecular formula is C34H43ClN2O6. The highest BCUT2D eigenvalue weighted by Crippen LogP contribution is 2.42. The number of ether oxygens (including phenoxy) is 2. The Morgan fingerprint density at radius 2 is 1.93 bits per heavy atom. The number of esters is 1. The van der Waals surface area contributed by atoms with E-state index in [1.165, 1.54) is 12.0 Å². The quantitative estimate of drug-likeness (QED) is 0.346. The van der Waals surface area contributed by atoms with Crippen LogP contribution in [0.3, 0.4) is 0 Å². The number of allylic oxidation sites excluding steroid dienone is 1.